The first kappa shape index (κ1) is 11.9. The lowest BCUT2D eigenvalue weighted by Crippen LogP contribution is -2.25. The summed E-state index contributed by atoms with van der Waals surface area (Å²) < 4.78 is 21.4. The lowest BCUT2D eigenvalue weighted by atomic mass is 10.0. The third-order valence-electron chi connectivity index (χ3n) is 2.97. The monoisotopic (exact) mass is 220 g/mol. The molecule has 0 bridgehead atoms. The molecule has 1 saturated heterocycles. The minimum atomic E-state index is -3.27. The Morgan fingerprint density at radius 2 is 1.79 bits per heavy atom. The molecule has 0 aromatic rings. The van der Waals surface area contributed by atoms with E-state index in [0.29, 0.717) is 6.42 Å². The van der Waals surface area contributed by atoms with Crippen LogP contribution in [0.4, 0.5) is 0 Å². The summed E-state index contributed by atoms with van der Waals surface area (Å²) in [5, 5.41) is 4.93. The second-order valence-corrected chi connectivity index (χ2v) is 6.17. The maximum Gasteiger partial charge on any atom is 0.209 e. The van der Waals surface area contributed by atoms with Gasteiger partial charge in [0, 0.05) is 13.1 Å². The number of hydrogen-bond acceptors (Lipinski definition) is 3. The summed E-state index contributed by atoms with van der Waals surface area (Å²) in [6.07, 6.45) is 0.651. The van der Waals surface area contributed by atoms with E-state index >= 15 is 0 Å². The third-order valence-corrected chi connectivity index (χ3v) is 3.82. The lowest BCUT2D eigenvalue weighted by molar-refractivity contribution is 0.325. The molecule has 0 aromatic carbocycles. The highest BCUT2D eigenvalue weighted by atomic mass is 32.2. The van der Waals surface area contributed by atoms with Crippen molar-refractivity contribution in [1.29, 1.82) is 0 Å². The molecule has 0 amide bonds. The molecule has 1 aliphatic rings. The Kier molecular flexibility index (Phi) is 3.92. The lowest BCUT2D eigenvalue weighted by Gasteiger charge is -2.14. The Hall–Kier alpha value is -0.130. The first-order valence-corrected chi connectivity index (χ1v) is 6.83. The molecular weight excluding hydrogens is 200 g/mol. The molecule has 0 saturated carbocycles. The highest BCUT2D eigenvalue weighted by Gasteiger charge is 2.25. The number of sulfonamides is 1. The fraction of sp³-hybridized carbons (Fsp3) is 1.00. The summed E-state index contributed by atoms with van der Waals surface area (Å²) in [5.41, 5.74) is 0. The van der Waals surface area contributed by atoms with Crippen molar-refractivity contribution in [2.45, 2.75) is 20.3 Å². The fourth-order valence-corrected chi connectivity index (χ4v) is 2.45. The van der Waals surface area contributed by atoms with E-state index in [-0.39, 0.29) is 5.75 Å². The van der Waals surface area contributed by atoms with Gasteiger partial charge in [-0.15, -0.1) is 0 Å². The summed E-state index contributed by atoms with van der Waals surface area (Å²) in [5.74, 6) is 1.56. The smallest absolute Gasteiger partial charge is 0.209 e. The molecule has 2 atom stereocenters. The van der Waals surface area contributed by atoms with Gasteiger partial charge in [0.25, 0.3) is 0 Å². The van der Waals surface area contributed by atoms with Gasteiger partial charge < -0.3 is 4.90 Å². The van der Waals surface area contributed by atoms with E-state index in [9.17, 15) is 8.42 Å². The maximum atomic E-state index is 10.7. The van der Waals surface area contributed by atoms with Gasteiger partial charge in [-0.1, -0.05) is 13.8 Å². The van der Waals surface area contributed by atoms with Gasteiger partial charge in [0.15, 0.2) is 0 Å². The van der Waals surface area contributed by atoms with E-state index in [1.54, 1.807) is 0 Å². The van der Waals surface area contributed by atoms with Gasteiger partial charge in [0.1, 0.15) is 0 Å². The highest BCUT2D eigenvalue weighted by Crippen LogP contribution is 2.21. The number of nitrogens with zero attached hydrogens (tertiary/aromatic N) is 1. The fourth-order valence-electron chi connectivity index (χ4n) is 1.92. The van der Waals surface area contributed by atoms with Gasteiger partial charge in [-0.05, 0) is 24.8 Å². The molecule has 1 heterocycles. The molecule has 2 N–H and O–H groups in total. The van der Waals surface area contributed by atoms with Gasteiger partial charge in [-0.25, -0.2) is 13.6 Å². The summed E-state index contributed by atoms with van der Waals surface area (Å²) in [6, 6.07) is 0. The SMILES string of the molecule is CC1CN(CCCS(N)(=O)=O)CC1C. The van der Waals surface area contributed by atoms with Crippen LogP contribution in [0.2, 0.25) is 0 Å². The number of likely N-dealkylation sites (tertiary alicyclic amines) is 1. The van der Waals surface area contributed by atoms with Crippen molar-refractivity contribution >= 4 is 10.0 Å². The highest BCUT2D eigenvalue weighted by molar-refractivity contribution is 7.89. The Morgan fingerprint density at radius 1 is 1.29 bits per heavy atom. The van der Waals surface area contributed by atoms with Crippen molar-refractivity contribution in [1.82, 2.24) is 4.90 Å². The van der Waals surface area contributed by atoms with E-state index in [0.717, 1.165) is 31.5 Å². The second kappa shape index (κ2) is 4.59. The van der Waals surface area contributed by atoms with Crippen LogP contribution in [-0.4, -0.2) is 38.7 Å². The van der Waals surface area contributed by atoms with Crippen LogP contribution in [0.5, 0.6) is 0 Å². The third kappa shape index (κ3) is 3.94. The number of hydrogen-bond donors (Lipinski definition) is 1. The van der Waals surface area contributed by atoms with E-state index in [4.69, 9.17) is 5.14 Å². The molecule has 0 aromatic heterocycles. The zero-order valence-corrected chi connectivity index (χ0v) is 9.76. The number of nitrogens with two attached hydrogens (primary N) is 1. The van der Waals surface area contributed by atoms with Gasteiger partial charge in [0.05, 0.1) is 5.75 Å². The van der Waals surface area contributed by atoms with Crippen molar-refractivity contribution in [3.8, 4) is 0 Å². The molecule has 0 spiro atoms. The standard InChI is InChI=1S/C9H20N2O2S/c1-8-6-11(7-9(8)2)4-3-5-14(10,12)13/h8-9H,3-7H2,1-2H3,(H2,10,12,13). The Labute approximate surface area is 86.5 Å². The number of rotatable bonds is 4. The predicted molar refractivity (Wildman–Crippen MR) is 57.4 cm³/mol. The first-order chi connectivity index (χ1) is 6.38. The van der Waals surface area contributed by atoms with Gasteiger partial charge in [0.2, 0.25) is 10.0 Å². The van der Waals surface area contributed by atoms with Crippen LogP contribution < -0.4 is 5.14 Å². The maximum absolute atomic E-state index is 10.7. The average Bonchev–Trinajstić information content (AvgIpc) is 2.28. The number of primary sulfonamides is 1. The Bertz CT molecular complexity index is 267. The molecule has 1 rings (SSSR count). The van der Waals surface area contributed by atoms with Crippen LogP contribution in [0, 0.1) is 11.8 Å². The van der Waals surface area contributed by atoms with Crippen molar-refractivity contribution in [3.05, 3.63) is 0 Å². The normalized spacial score (nSPS) is 29.6. The van der Waals surface area contributed by atoms with Crippen LogP contribution in [0.3, 0.4) is 0 Å². The quantitative estimate of drug-likeness (QED) is 0.739. The van der Waals surface area contributed by atoms with Crippen molar-refractivity contribution in [2.24, 2.45) is 17.0 Å². The van der Waals surface area contributed by atoms with Gasteiger partial charge in [-0.3, -0.25) is 0 Å². The molecule has 14 heavy (non-hydrogen) atoms. The molecule has 2 unspecified atom stereocenters. The Balaban J connectivity index is 2.21. The summed E-state index contributed by atoms with van der Waals surface area (Å²) in [7, 11) is -3.27. The van der Waals surface area contributed by atoms with E-state index < -0.39 is 10.0 Å². The van der Waals surface area contributed by atoms with Crippen LogP contribution >= 0.6 is 0 Å². The molecule has 1 aliphatic heterocycles. The van der Waals surface area contributed by atoms with E-state index in [2.05, 4.69) is 18.7 Å². The topological polar surface area (TPSA) is 63.4 Å². The van der Waals surface area contributed by atoms with Gasteiger partial charge in [-0.2, -0.15) is 0 Å². The largest absolute Gasteiger partial charge is 0.303 e. The van der Waals surface area contributed by atoms with Crippen LogP contribution in [0.25, 0.3) is 0 Å². The van der Waals surface area contributed by atoms with Crippen LogP contribution in [0.1, 0.15) is 20.3 Å². The first-order valence-electron chi connectivity index (χ1n) is 5.11. The summed E-state index contributed by atoms with van der Waals surface area (Å²) in [4.78, 5) is 2.32. The molecule has 4 nitrogen and oxygen atoms in total. The summed E-state index contributed by atoms with van der Waals surface area (Å²) in [6.45, 7) is 7.51. The van der Waals surface area contributed by atoms with E-state index in [1.165, 1.54) is 0 Å². The molecule has 84 valence electrons. The average molecular weight is 220 g/mol. The van der Waals surface area contributed by atoms with Crippen molar-refractivity contribution < 1.29 is 8.42 Å². The summed E-state index contributed by atoms with van der Waals surface area (Å²) >= 11 is 0. The zero-order valence-electron chi connectivity index (χ0n) is 8.94. The Morgan fingerprint density at radius 3 is 2.21 bits per heavy atom. The predicted octanol–water partition coefficient (Wildman–Crippen LogP) is 0.253. The second-order valence-electron chi connectivity index (χ2n) is 4.43. The molecular formula is C9H20N2O2S. The molecule has 0 aliphatic carbocycles. The molecule has 5 heteroatoms. The van der Waals surface area contributed by atoms with Crippen LogP contribution in [0.15, 0.2) is 0 Å². The van der Waals surface area contributed by atoms with Gasteiger partial charge >= 0.3 is 0 Å². The van der Waals surface area contributed by atoms with Crippen LogP contribution in [-0.2, 0) is 10.0 Å². The molecule has 1 fully saturated rings. The van der Waals surface area contributed by atoms with Crippen molar-refractivity contribution in [3.63, 3.8) is 0 Å². The zero-order chi connectivity index (χ0) is 10.8. The minimum absolute atomic E-state index is 0.103. The van der Waals surface area contributed by atoms with E-state index in [1.807, 2.05) is 0 Å². The minimum Gasteiger partial charge on any atom is -0.303 e. The molecule has 0 radical (unpaired) electrons. The van der Waals surface area contributed by atoms with Crippen molar-refractivity contribution in [2.75, 3.05) is 25.4 Å².